The number of hydrogen-bond donors (Lipinski definition) is 0. The first kappa shape index (κ1) is 19.8. The van der Waals surface area contributed by atoms with Gasteiger partial charge in [-0.25, -0.2) is 0 Å². The molecule has 0 bridgehead atoms. The van der Waals surface area contributed by atoms with Crippen molar-refractivity contribution in [3.05, 3.63) is 23.8 Å². The Kier molecular flexibility index (Phi) is 7.00. The van der Waals surface area contributed by atoms with E-state index in [9.17, 15) is 14.4 Å². The van der Waals surface area contributed by atoms with Gasteiger partial charge in [0.15, 0.2) is 11.5 Å². The smallest absolute Gasteiger partial charge is 0.227 e. The van der Waals surface area contributed by atoms with Gasteiger partial charge in [-0.15, -0.1) is 0 Å². The van der Waals surface area contributed by atoms with Gasteiger partial charge in [0, 0.05) is 39.0 Å². The summed E-state index contributed by atoms with van der Waals surface area (Å²) in [5.74, 6) is 1.24. The molecule has 1 aromatic carbocycles. The third kappa shape index (κ3) is 5.21. The molecule has 1 aliphatic rings. The first-order valence-corrected chi connectivity index (χ1v) is 8.70. The topological polar surface area (TPSA) is 76.2 Å². The highest BCUT2D eigenvalue weighted by Gasteiger charge is 2.24. The first-order chi connectivity index (χ1) is 12.4. The average molecular weight is 362 g/mol. The average Bonchev–Trinajstić information content (AvgIpc) is 2.65. The second-order valence-corrected chi connectivity index (χ2v) is 6.33. The van der Waals surface area contributed by atoms with Gasteiger partial charge in [0.2, 0.25) is 11.8 Å². The minimum Gasteiger partial charge on any atom is -0.493 e. The molecule has 1 saturated heterocycles. The molecule has 1 aliphatic heterocycles. The predicted molar refractivity (Wildman–Crippen MR) is 96.3 cm³/mol. The quantitative estimate of drug-likeness (QED) is 0.730. The summed E-state index contributed by atoms with van der Waals surface area (Å²) in [6.07, 6.45) is 0.796. The zero-order valence-electron chi connectivity index (χ0n) is 15.6. The normalized spacial score (nSPS) is 14.1. The standard InChI is InChI=1S/C19H26N2O5/c1-14(22)4-7-18(23)20-8-10-21(11-9-20)19(24)13-15-5-6-16(25-2)17(12-15)26-3/h5-6,12H,4,7-11,13H2,1-3H3. The number of Topliss-reactive ketones (excluding diaryl/α,β-unsaturated/α-hetero) is 1. The molecule has 0 aliphatic carbocycles. The van der Waals surface area contributed by atoms with Crippen LogP contribution < -0.4 is 9.47 Å². The molecule has 1 heterocycles. The molecule has 0 unspecified atom stereocenters. The number of amides is 2. The Labute approximate surface area is 153 Å². The minimum absolute atomic E-state index is 0.0158. The molecule has 0 atom stereocenters. The molecule has 7 nitrogen and oxygen atoms in total. The summed E-state index contributed by atoms with van der Waals surface area (Å²) < 4.78 is 10.5. The molecule has 1 aromatic rings. The maximum Gasteiger partial charge on any atom is 0.227 e. The van der Waals surface area contributed by atoms with E-state index in [4.69, 9.17) is 9.47 Å². The largest absolute Gasteiger partial charge is 0.493 e. The molecule has 26 heavy (non-hydrogen) atoms. The van der Waals surface area contributed by atoms with Gasteiger partial charge in [-0.05, 0) is 24.6 Å². The summed E-state index contributed by atoms with van der Waals surface area (Å²) in [6.45, 7) is 3.52. The molecule has 0 spiro atoms. The van der Waals surface area contributed by atoms with E-state index in [2.05, 4.69) is 0 Å². The lowest BCUT2D eigenvalue weighted by Crippen LogP contribution is -2.51. The van der Waals surface area contributed by atoms with Crippen LogP contribution in [0.3, 0.4) is 0 Å². The third-order valence-corrected chi connectivity index (χ3v) is 4.48. The van der Waals surface area contributed by atoms with Gasteiger partial charge < -0.3 is 24.1 Å². The Balaban J connectivity index is 1.86. The SMILES string of the molecule is COc1ccc(CC(=O)N2CCN(C(=O)CCC(C)=O)CC2)cc1OC. The van der Waals surface area contributed by atoms with Gasteiger partial charge in [0.1, 0.15) is 5.78 Å². The van der Waals surface area contributed by atoms with Crippen molar-refractivity contribution >= 4 is 17.6 Å². The van der Waals surface area contributed by atoms with Crippen LogP contribution in [0.1, 0.15) is 25.3 Å². The van der Waals surface area contributed by atoms with Crippen molar-refractivity contribution in [1.29, 1.82) is 0 Å². The van der Waals surface area contributed by atoms with Crippen molar-refractivity contribution in [3.8, 4) is 11.5 Å². The van der Waals surface area contributed by atoms with Crippen molar-refractivity contribution in [2.45, 2.75) is 26.2 Å². The summed E-state index contributed by atoms with van der Waals surface area (Å²) in [7, 11) is 3.13. The minimum atomic E-state index is -0.0211. The van der Waals surface area contributed by atoms with Crippen molar-refractivity contribution in [1.82, 2.24) is 9.80 Å². The maximum absolute atomic E-state index is 12.5. The van der Waals surface area contributed by atoms with Crippen molar-refractivity contribution < 1.29 is 23.9 Å². The van der Waals surface area contributed by atoms with E-state index in [0.29, 0.717) is 37.7 Å². The highest BCUT2D eigenvalue weighted by molar-refractivity contribution is 5.84. The van der Waals surface area contributed by atoms with Gasteiger partial charge in [-0.3, -0.25) is 9.59 Å². The number of piperazine rings is 1. The van der Waals surface area contributed by atoms with E-state index in [0.717, 1.165) is 5.56 Å². The maximum atomic E-state index is 12.5. The fraction of sp³-hybridized carbons (Fsp3) is 0.526. The number of ketones is 1. The number of carbonyl (C=O) groups is 3. The molecule has 2 rings (SSSR count). The second-order valence-electron chi connectivity index (χ2n) is 6.33. The zero-order valence-corrected chi connectivity index (χ0v) is 15.6. The molecule has 0 aromatic heterocycles. The van der Waals surface area contributed by atoms with Crippen molar-refractivity contribution in [3.63, 3.8) is 0 Å². The zero-order chi connectivity index (χ0) is 19.1. The summed E-state index contributed by atoms with van der Waals surface area (Å²) >= 11 is 0. The van der Waals surface area contributed by atoms with Gasteiger partial charge in [0.05, 0.1) is 20.6 Å². The molecular weight excluding hydrogens is 336 g/mol. The lowest BCUT2D eigenvalue weighted by Gasteiger charge is -2.35. The Morgan fingerprint density at radius 1 is 0.885 bits per heavy atom. The lowest BCUT2D eigenvalue weighted by molar-refractivity contribution is -0.139. The molecule has 0 saturated carbocycles. The monoisotopic (exact) mass is 362 g/mol. The summed E-state index contributed by atoms with van der Waals surface area (Å²) in [5, 5.41) is 0. The van der Waals surface area contributed by atoms with Crippen LogP contribution in [-0.2, 0) is 20.8 Å². The van der Waals surface area contributed by atoms with Crippen LogP contribution >= 0.6 is 0 Å². The van der Waals surface area contributed by atoms with Crippen LogP contribution in [0.5, 0.6) is 11.5 Å². The summed E-state index contributed by atoms with van der Waals surface area (Å²) in [4.78, 5) is 39.1. The van der Waals surface area contributed by atoms with Crippen LogP contribution in [-0.4, -0.2) is 67.8 Å². The molecular formula is C19H26N2O5. The fourth-order valence-corrected chi connectivity index (χ4v) is 2.92. The number of methoxy groups -OCH3 is 2. The number of nitrogens with zero attached hydrogens (tertiary/aromatic N) is 2. The Morgan fingerprint density at radius 3 is 2.00 bits per heavy atom. The molecule has 2 amide bonds. The van der Waals surface area contributed by atoms with Gasteiger partial charge in [0.25, 0.3) is 0 Å². The molecule has 142 valence electrons. The predicted octanol–water partition coefficient (Wildman–Crippen LogP) is 1.29. The molecule has 0 N–H and O–H groups in total. The number of benzene rings is 1. The molecule has 1 fully saturated rings. The van der Waals surface area contributed by atoms with E-state index in [-0.39, 0.29) is 36.9 Å². The lowest BCUT2D eigenvalue weighted by atomic mass is 10.1. The van der Waals surface area contributed by atoms with Crippen LogP contribution in [0.4, 0.5) is 0 Å². The van der Waals surface area contributed by atoms with E-state index >= 15 is 0 Å². The number of carbonyl (C=O) groups excluding carboxylic acids is 3. The summed E-state index contributed by atoms with van der Waals surface area (Å²) in [6, 6.07) is 5.44. The highest BCUT2D eigenvalue weighted by atomic mass is 16.5. The Morgan fingerprint density at radius 2 is 1.46 bits per heavy atom. The van der Waals surface area contributed by atoms with E-state index in [1.165, 1.54) is 6.92 Å². The number of hydrogen-bond acceptors (Lipinski definition) is 5. The van der Waals surface area contributed by atoms with Gasteiger partial charge >= 0.3 is 0 Å². The van der Waals surface area contributed by atoms with E-state index < -0.39 is 0 Å². The van der Waals surface area contributed by atoms with Crippen LogP contribution in [0.25, 0.3) is 0 Å². The summed E-state index contributed by atoms with van der Waals surface area (Å²) in [5.41, 5.74) is 0.854. The second kappa shape index (κ2) is 9.22. The third-order valence-electron chi connectivity index (χ3n) is 4.48. The van der Waals surface area contributed by atoms with E-state index in [1.807, 2.05) is 6.07 Å². The van der Waals surface area contributed by atoms with Gasteiger partial charge in [-0.1, -0.05) is 6.07 Å². The van der Waals surface area contributed by atoms with Crippen molar-refractivity contribution in [2.75, 3.05) is 40.4 Å². The highest BCUT2D eigenvalue weighted by Crippen LogP contribution is 2.27. The van der Waals surface area contributed by atoms with Crippen LogP contribution in [0.2, 0.25) is 0 Å². The Bertz CT molecular complexity index is 666. The number of ether oxygens (including phenoxy) is 2. The van der Waals surface area contributed by atoms with Gasteiger partial charge in [-0.2, -0.15) is 0 Å². The van der Waals surface area contributed by atoms with Crippen LogP contribution in [0, 0.1) is 0 Å². The fourth-order valence-electron chi connectivity index (χ4n) is 2.92. The number of rotatable bonds is 7. The molecule has 7 heteroatoms. The first-order valence-electron chi connectivity index (χ1n) is 8.70. The Hall–Kier alpha value is -2.57. The van der Waals surface area contributed by atoms with E-state index in [1.54, 1.807) is 36.2 Å². The van der Waals surface area contributed by atoms with Crippen LogP contribution in [0.15, 0.2) is 18.2 Å². The molecule has 0 radical (unpaired) electrons. The van der Waals surface area contributed by atoms with Crippen molar-refractivity contribution in [2.24, 2.45) is 0 Å².